The Morgan fingerprint density at radius 2 is 1.32 bits per heavy atom. The molecule has 4 aliphatic heterocycles. The van der Waals surface area contributed by atoms with Gasteiger partial charge in [-0.25, -0.2) is 18.4 Å². The lowest BCUT2D eigenvalue weighted by molar-refractivity contribution is -0.122. The summed E-state index contributed by atoms with van der Waals surface area (Å²) >= 11 is 4.80. The number of sulfone groups is 1. The van der Waals surface area contributed by atoms with Crippen LogP contribution in [0.5, 0.6) is 0 Å². The van der Waals surface area contributed by atoms with E-state index in [2.05, 4.69) is 42.0 Å². The van der Waals surface area contributed by atoms with E-state index in [1.807, 2.05) is 55.9 Å². The van der Waals surface area contributed by atoms with Gasteiger partial charge >= 0.3 is 0 Å². The highest BCUT2D eigenvalue weighted by Gasteiger charge is 2.55. The maximum absolute atomic E-state index is 12.7. The molecule has 44 heavy (non-hydrogen) atoms. The molecule has 0 amide bonds. The third kappa shape index (κ3) is 7.02. The van der Waals surface area contributed by atoms with Crippen LogP contribution >= 0.6 is 34.4 Å². The summed E-state index contributed by atoms with van der Waals surface area (Å²) in [5.74, 6) is 0.912. The van der Waals surface area contributed by atoms with Crippen LogP contribution in [-0.4, -0.2) is 77.7 Å². The molecule has 12 heteroatoms. The molecule has 6 heterocycles. The van der Waals surface area contributed by atoms with Gasteiger partial charge in [0.2, 0.25) is 14.2 Å². The van der Waals surface area contributed by atoms with Gasteiger partial charge in [-0.15, -0.1) is 22.7 Å². The highest BCUT2D eigenvalue weighted by atomic mass is 32.2. The highest BCUT2D eigenvalue weighted by Crippen LogP contribution is 2.48. The summed E-state index contributed by atoms with van der Waals surface area (Å²) in [6.45, 7) is 9.94. The molecule has 236 valence electrons. The predicted molar refractivity (Wildman–Crippen MR) is 176 cm³/mol. The number of hydrogen-bond acceptors (Lipinski definition) is 11. The molecule has 2 aromatic carbocycles. The van der Waals surface area contributed by atoms with Gasteiger partial charge < -0.3 is 18.9 Å². The minimum atomic E-state index is -3.47. The van der Waals surface area contributed by atoms with Crippen LogP contribution in [-0.2, 0) is 28.8 Å². The number of ether oxygens (including phenoxy) is 4. The topological polar surface area (TPSA) is 103 Å². The van der Waals surface area contributed by atoms with Crippen molar-refractivity contribution >= 4 is 64.7 Å². The van der Waals surface area contributed by atoms with Crippen LogP contribution in [0.4, 0.5) is 0 Å². The first-order valence-corrected chi connectivity index (χ1v) is 19.3. The normalized spacial score (nSPS) is 30.4. The van der Waals surface area contributed by atoms with E-state index in [-0.39, 0.29) is 44.7 Å². The van der Waals surface area contributed by atoms with Crippen LogP contribution in [0.3, 0.4) is 0 Å². The average Bonchev–Trinajstić information content (AvgIpc) is 3.73. The second kappa shape index (κ2) is 11.3. The SMILES string of the molecule is CC1(C)C[C@@]2(CO2)C[C@@H](CS(=O)(=O)c2nc3ccccc3s2)O1.CC1(C)C[C@@]2(CO2)C[C@@H](CSc2nc3ccccc3s2)O1. The van der Waals surface area contributed by atoms with Crippen LogP contribution in [0.25, 0.3) is 20.4 Å². The Bertz CT molecular complexity index is 1700. The maximum Gasteiger partial charge on any atom is 0.210 e. The first kappa shape index (κ1) is 31.0. The molecular formula is C32H38N2O6S4. The number of benzene rings is 2. The van der Waals surface area contributed by atoms with Crippen molar-refractivity contribution in [2.45, 2.75) is 96.7 Å². The van der Waals surface area contributed by atoms with E-state index in [9.17, 15) is 8.42 Å². The lowest BCUT2D eigenvalue weighted by atomic mass is 9.86. The Hall–Kier alpha value is -1.64. The van der Waals surface area contributed by atoms with Crippen LogP contribution in [0.15, 0.2) is 57.2 Å². The number of hydrogen-bond donors (Lipinski definition) is 0. The van der Waals surface area contributed by atoms with E-state index in [4.69, 9.17) is 18.9 Å². The van der Waals surface area contributed by atoms with E-state index < -0.39 is 9.84 Å². The molecule has 0 unspecified atom stereocenters. The Labute approximate surface area is 270 Å². The van der Waals surface area contributed by atoms with Crippen LogP contribution < -0.4 is 0 Å². The van der Waals surface area contributed by atoms with Crippen molar-refractivity contribution in [2.24, 2.45) is 0 Å². The number of epoxide rings is 2. The molecule has 2 spiro atoms. The van der Waals surface area contributed by atoms with Crippen molar-refractivity contribution in [3.63, 3.8) is 0 Å². The quantitative estimate of drug-likeness (QED) is 0.159. The van der Waals surface area contributed by atoms with Gasteiger partial charge in [0, 0.05) is 31.4 Å². The minimum Gasteiger partial charge on any atom is -0.371 e. The molecule has 2 aromatic heterocycles. The molecule has 4 saturated heterocycles. The van der Waals surface area contributed by atoms with Gasteiger partial charge in [0.15, 0.2) is 4.34 Å². The summed E-state index contributed by atoms with van der Waals surface area (Å²) in [5.41, 5.74) is 1.33. The van der Waals surface area contributed by atoms with Crippen LogP contribution in [0, 0.1) is 0 Å². The largest absolute Gasteiger partial charge is 0.371 e. The third-order valence-corrected chi connectivity index (χ3v) is 14.0. The monoisotopic (exact) mass is 674 g/mol. The summed E-state index contributed by atoms with van der Waals surface area (Å²) < 4.78 is 52.4. The van der Waals surface area contributed by atoms with Crippen molar-refractivity contribution in [2.75, 3.05) is 24.7 Å². The van der Waals surface area contributed by atoms with Crippen molar-refractivity contribution < 1.29 is 27.4 Å². The van der Waals surface area contributed by atoms with Gasteiger partial charge in [-0.3, -0.25) is 0 Å². The molecule has 0 N–H and O–H groups in total. The fraction of sp³-hybridized carbons (Fsp3) is 0.562. The second-order valence-corrected chi connectivity index (χ2v) is 19.2. The van der Waals surface area contributed by atoms with Gasteiger partial charge in [0.25, 0.3) is 0 Å². The number of aromatic nitrogens is 2. The van der Waals surface area contributed by atoms with Gasteiger partial charge in [0.1, 0.15) is 0 Å². The summed E-state index contributed by atoms with van der Waals surface area (Å²) in [4.78, 5) is 8.96. The number of thioether (sulfide) groups is 1. The Kier molecular flexibility index (Phi) is 7.93. The average molecular weight is 675 g/mol. The number of fused-ring (bicyclic) bond motifs is 2. The van der Waals surface area contributed by atoms with E-state index in [1.54, 1.807) is 11.3 Å². The Morgan fingerprint density at radius 3 is 1.89 bits per heavy atom. The van der Waals surface area contributed by atoms with E-state index in [0.29, 0.717) is 13.0 Å². The summed E-state index contributed by atoms with van der Waals surface area (Å²) in [6, 6.07) is 15.8. The molecule has 4 atom stereocenters. The minimum absolute atomic E-state index is 0.0403. The second-order valence-electron chi connectivity index (χ2n) is 13.7. The standard InChI is InChI=1S/C16H19NO4S2.C16H19NO2S2/c1-15(2)9-16(10-20-16)7-11(21-15)8-23(18,19)14-17-12-5-3-4-6-13(12)22-14;1-15(2)9-16(10-18-16)7-11(19-15)8-20-14-17-12-5-3-4-6-13(12)21-14/h3-6,11H,7-10H2,1-2H3;3-6,11H,7-10H2,1-2H3/t2*11-,16+/m00/s1. The zero-order valence-electron chi connectivity index (χ0n) is 25.4. The molecule has 0 bridgehead atoms. The van der Waals surface area contributed by atoms with E-state index in [0.717, 1.165) is 51.7 Å². The molecule has 0 radical (unpaired) electrons. The number of thiazole rings is 2. The first-order valence-electron chi connectivity index (χ1n) is 15.0. The van der Waals surface area contributed by atoms with E-state index in [1.165, 1.54) is 16.0 Å². The Balaban J connectivity index is 0.000000143. The molecule has 4 aromatic rings. The predicted octanol–water partition coefficient (Wildman–Crippen LogP) is 6.91. The van der Waals surface area contributed by atoms with Gasteiger partial charge in [0.05, 0.1) is 74.0 Å². The van der Waals surface area contributed by atoms with Crippen molar-refractivity contribution in [3.8, 4) is 0 Å². The van der Waals surface area contributed by atoms with Crippen molar-refractivity contribution in [1.82, 2.24) is 9.97 Å². The fourth-order valence-corrected chi connectivity index (χ4v) is 11.6. The highest BCUT2D eigenvalue weighted by molar-refractivity contribution is 8.01. The third-order valence-electron chi connectivity index (χ3n) is 8.38. The molecule has 4 fully saturated rings. The molecule has 0 aliphatic carbocycles. The van der Waals surface area contributed by atoms with Crippen molar-refractivity contribution in [1.29, 1.82) is 0 Å². The Morgan fingerprint density at radius 1 is 0.795 bits per heavy atom. The summed E-state index contributed by atoms with van der Waals surface area (Å²) in [7, 11) is -3.47. The number of nitrogens with zero attached hydrogens (tertiary/aromatic N) is 2. The van der Waals surface area contributed by atoms with E-state index >= 15 is 0 Å². The number of para-hydroxylation sites is 2. The molecule has 8 rings (SSSR count). The molecular weight excluding hydrogens is 637 g/mol. The molecule has 4 aliphatic rings. The smallest absolute Gasteiger partial charge is 0.210 e. The zero-order valence-corrected chi connectivity index (χ0v) is 28.7. The van der Waals surface area contributed by atoms with Crippen molar-refractivity contribution in [3.05, 3.63) is 48.5 Å². The van der Waals surface area contributed by atoms with Crippen LogP contribution in [0.1, 0.15) is 53.4 Å². The van der Waals surface area contributed by atoms with Gasteiger partial charge in [-0.2, -0.15) is 0 Å². The van der Waals surface area contributed by atoms with Gasteiger partial charge in [-0.05, 0) is 52.0 Å². The lowest BCUT2D eigenvalue weighted by Crippen LogP contribution is -2.46. The number of rotatable bonds is 6. The van der Waals surface area contributed by atoms with Crippen LogP contribution in [0.2, 0.25) is 0 Å². The van der Waals surface area contributed by atoms with Gasteiger partial charge in [-0.1, -0.05) is 36.0 Å². The summed E-state index contributed by atoms with van der Waals surface area (Å²) in [5, 5.41) is 0. The fourth-order valence-electron chi connectivity index (χ4n) is 6.80. The first-order chi connectivity index (χ1) is 20.8. The molecule has 0 saturated carbocycles. The lowest BCUT2D eigenvalue weighted by Gasteiger charge is -2.39. The zero-order chi connectivity index (χ0) is 30.8. The molecule has 8 nitrogen and oxygen atoms in total. The summed E-state index contributed by atoms with van der Waals surface area (Å²) in [6.07, 6.45) is 3.40. The maximum atomic E-state index is 12.7.